The summed E-state index contributed by atoms with van der Waals surface area (Å²) in [5.74, 6) is 0.651. The zero-order chi connectivity index (χ0) is 21.7. The fourth-order valence-corrected chi connectivity index (χ4v) is 4.32. The number of anilines is 1. The van der Waals surface area contributed by atoms with Crippen LogP contribution in [0.2, 0.25) is 10.0 Å². The first-order valence-electron chi connectivity index (χ1n) is 8.34. The number of thiazole rings is 1. The largest absolute Gasteiger partial charge is 0.496 e. The highest BCUT2D eigenvalue weighted by atomic mass is 79.9. The average molecular weight is 547 g/mol. The molecule has 1 heterocycles. The van der Waals surface area contributed by atoms with Gasteiger partial charge in [0.15, 0.2) is 16.9 Å². The number of rotatable bonds is 6. The van der Waals surface area contributed by atoms with E-state index < -0.39 is 5.91 Å². The van der Waals surface area contributed by atoms with Crippen LogP contribution in [-0.4, -0.2) is 29.7 Å². The Morgan fingerprint density at radius 1 is 1.23 bits per heavy atom. The summed E-state index contributed by atoms with van der Waals surface area (Å²) >= 11 is 21.8. The van der Waals surface area contributed by atoms with Crippen molar-refractivity contribution in [3.8, 4) is 22.8 Å². The minimum absolute atomic E-state index is 0.114. The van der Waals surface area contributed by atoms with E-state index in [1.165, 1.54) is 17.4 Å². The summed E-state index contributed by atoms with van der Waals surface area (Å²) in [4.78, 5) is 16.5. The molecule has 0 atom stereocenters. The number of methoxy groups -OCH3 is 1. The Balaban J connectivity index is 1.53. The number of ether oxygens (including phenoxy) is 2. The quantitative estimate of drug-likeness (QED) is 0.382. The van der Waals surface area contributed by atoms with Crippen LogP contribution >= 0.6 is 62.7 Å². The van der Waals surface area contributed by atoms with Gasteiger partial charge in [-0.05, 0) is 64.5 Å². The van der Waals surface area contributed by atoms with Crippen molar-refractivity contribution in [2.45, 2.75) is 0 Å². The van der Waals surface area contributed by atoms with Crippen LogP contribution in [0.5, 0.6) is 11.5 Å². The second-order valence-electron chi connectivity index (χ2n) is 5.75. The van der Waals surface area contributed by atoms with Crippen LogP contribution in [-0.2, 0) is 4.79 Å². The summed E-state index contributed by atoms with van der Waals surface area (Å²) in [5.41, 5.74) is 1.68. The molecule has 0 saturated carbocycles. The van der Waals surface area contributed by atoms with Crippen LogP contribution in [0.3, 0.4) is 0 Å². The second-order valence-corrected chi connectivity index (χ2v) is 8.72. The van der Waals surface area contributed by atoms with E-state index in [1.54, 1.807) is 19.2 Å². The number of aromatic nitrogens is 1. The minimum atomic E-state index is -0.436. The molecule has 0 fully saturated rings. The molecule has 0 unspecified atom stereocenters. The molecule has 0 aliphatic heterocycles. The maximum absolute atomic E-state index is 12.1. The Labute approximate surface area is 200 Å². The molecule has 30 heavy (non-hydrogen) atoms. The Morgan fingerprint density at radius 2 is 2.00 bits per heavy atom. The zero-order valence-corrected chi connectivity index (χ0v) is 20.1. The molecule has 0 bridgehead atoms. The zero-order valence-electron chi connectivity index (χ0n) is 15.4. The van der Waals surface area contributed by atoms with Crippen molar-refractivity contribution in [2.75, 3.05) is 19.0 Å². The number of nitrogens with one attached hydrogen (secondary N) is 2. The van der Waals surface area contributed by atoms with Crippen LogP contribution in [0.1, 0.15) is 0 Å². The Morgan fingerprint density at radius 3 is 2.70 bits per heavy atom. The normalized spacial score (nSPS) is 10.4. The van der Waals surface area contributed by atoms with Crippen LogP contribution in [0.4, 0.5) is 5.13 Å². The molecule has 0 aliphatic rings. The molecule has 0 radical (unpaired) electrons. The standard InChI is InChI=1S/C19H14BrCl2N3O3S2/c1-27-15-4-2-10(6-12(15)20)14-9-30-19(23-14)25-18(29)24-17(26)8-28-16-5-3-11(21)7-13(16)22/h2-7,9H,8H2,1H3,(H2,23,24,25,26,29). The maximum atomic E-state index is 12.1. The molecule has 2 N–H and O–H groups in total. The molecule has 0 saturated heterocycles. The van der Waals surface area contributed by atoms with E-state index in [0.29, 0.717) is 20.9 Å². The third-order valence-electron chi connectivity index (χ3n) is 3.68. The van der Waals surface area contributed by atoms with Gasteiger partial charge >= 0.3 is 0 Å². The summed E-state index contributed by atoms with van der Waals surface area (Å²) in [7, 11) is 1.61. The van der Waals surface area contributed by atoms with Gasteiger partial charge in [0.2, 0.25) is 0 Å². The van der Waals surface area contributed by atoms with E-state index in [-0.39, 0.29) is 11.7 Å². The number of hydrogen-bond donors (Lipinski definition) is 2. The third-order valence-corrected chi connectivity index (χ3v) is 5.79. The van der Waals surface area contributed by atoms with Gasteiger partial charge in [0.05, 0.1) is 22.3 Å². The number of thiocarbonyl (C=S) groups is 1. The summed E-state index contributed by atoms with van der Waals surface area (Å²) in [5, 5.41) is 8.76. The molecule has 0 spiro atoms. The first-order chi connectivity index (χ1) is 14.4. The number of amides is 1. The summed E-state index contributed by atoms with van der Waals surface area (Å²) in [6.45, 7) is -0.258. The summed E-state index contributed by atoms with van der Waals surface area (Å²) < 4.78 is 11.4. The van der Waals surface area contributed by atoms with E-state index in [1.807, 2.05) is 23.6 Å². The lowest BCUT2D eigenvalue weighted by Crippen LogP contribution is -2.37. The number of carbonyl (C=O) groups is 1. The SMILES string of the molecule is COc1ccc(-c2csc(NC(=S)NC(=O)COc3ccc(Cl)cc3Cl)n2)cc1Br. The predicted octanol–water partition coefficient (Wildman–Crippen LogP) is 5.78. The lowest BCUT2D eigenvalue weighted by Gasteiger charge is -2.10. The molecule has 3 aromatic rings. The first-order valence-corrected chi connectivity index (χ1v) is 11.2. The number of benzene rings is 2. The Hall–Kier alpha value is -1.91. The summed E-state index contributed by atoms with van der Waals surface area (Å²) in [6, 6.07) is 10.4. The van der Waals surface area contributed by atoms with Crippen LogP contribution in [0, 0.1) is 0 Å². The van der Waals surface area contributed by atoms with Gasteiger partial charge in [-0.2, -0.15) is 0 Å². The smallest absolute Gasteiger partial charge is 0.264 e. The highest BCUT2D eigenvalue weighted by molar-refractivity contribution is 9.10. The molecule has 2 aromatic carbocycles. The summed E-state index contributed by atoms with van der Waals surface area (Å²) in [6.07, 6.45) is 0. The molecular formula is C19H14BrCl2N3O3S2. The van der Waals surface area contributed by atoms with Crippen molar-refractivity contribution >= 4 is 78.8 Å². The van der Waals surface area contributed by atoms with Crippen molar-refractivity contribution in [1.29, 1.82) is 0 Å². The lowest BCUT2D eigenvalue weighted by molar-refractivity contribution is -0.121. The highest BCUT2D eigenvalue weighted by Gasteiger charge is 2.11. The third kappa shape index (κ3) is 6.05. The number of nitrogens with zero attached hydrogens (tertiary/aromatic N) is 1. The van der Waals surface area contributed by atoms with E-state index >= 15 is 0 Å². The fourth-order valence-electron chi connectivity index (χ4n) is 2.32. The van der Waals surface area contributed by atoms with E-state index in [2.05, 4.69) is 31.5 Å². The van der Waals surface area contributed by atoms with Crippen molar-refractivity contribution < 1.29 is 14.3 Å². The first kappa shape index (κ1) is 22.8. The van der Waals surface area contributed by atoms with E-state index in [4.69, 9.17) is 44.9 Å². The maximum Gasteiger partial charge on any atom is 0.264 e. The highest BCUT2D eigenvalue weighted by Crippen LogP contribution is 2.32. The van der Waals surface area contributed by atoms with Gasteiger partial charge in [0, 0.05) is 16.0 Å². The molecule has 6 nitrogen and oxygen atoms in total. The molecule has 3 rings (SSSR count). The van der Waals surface area contributed by atoms with Gasteiger partial charge in [0.25, 0.3) is 5.91 Å². The molecule has 11 heteroatoms. The van der Waals surface area contributed by atoms with Crippen LogP contribution in [0.25, 0.3) is 11.3 Å². The van der Waals surface area contributed by atoms with Crippen molar-refractivity contribution in [3.05, 3.63) is 56.3 Å². The fraction of sp³-hybridized carbons (Fsp3) is 0.105. The number of carbonyl (C=O) groups excluding carboxylic acids is 1. The number of halogens is 3. The van der Waals surface area contributed by atoms with Gasteiger partial charge in [-0.15, -0.1) is 11.3 Å². The predicted molar refractivity (Wildman–Crippen MR) is 128 cm³/mol. The minimum Gasteiger partial charge on any atom is -0.496 e. The molecular weight excluding hydrogens is 533 g/mol. The van der Waals surface area contributed by atoms with Gasteiger partial charge in [0.1, 0.15) is 11.5 Å². The molecule has 1 amide bonds. The molecule has 156 valence electrons. The Kier molecular flexibility index (Phi) is 7.90. The van der Waals surface area contributed by atoms with E-state index in [9.17, 15) is 4.79 Å². The lowest BCUT2D eigenvalue weighted by atomic mass is 10.2. The topological polar surface area (TPSA) is 72.5 Å². The van der Waals surface area contributed by atoms with Crippen LogP contribution < -0.4 is 20.1 Å². The molecule has 1 aromatic heterocycles. The Bertz CT molecular complexity index is 1090. The van der Waals surface area contributed by atoms with Gasteiger partial charge in [-0.3, -0.25) is 10.1 Å². The molecule has 0 aliphatic carbocycles. The van der Waals surface area contributed by atoms with Gasteiger partial charge < -0.3 is 14.8 Å². The monoisotopic (exact) mass is 545 g/mol. The van der Waals surface area contributed by atoms with Gasteiger partial charge in [-0.1, -0.05) is 23.2 Å². The van der Waals surface area contributed by atoms with Crippen molar-refractivity contribution in [2.24, 2.45) is 0 Å². The average Bonchev–Trinajstić information content (AvgIpc) is 3.15. The van der Waals surface area contributed by atoms with Crippen molar-refractivity contribution in [3.63, 3.8) is 0 Å². The van der Waals surface area contributed by atoms with Gasteiger partial charge in [-0.25, -0.2) is 4.98 Å². The van der Waals surface area contributed by atoms with Crippen LogP contribution in [0.15, 0.2) is 46.3 Å². The van der Waals surface area contributed by atoms with E-state index in [0.717, 1.165) is 21.5 Å². The number of hydrogen-bond acceptors (Lipinski definition) is 6. The second kappa shape index (κ2) is 10.4. The van der Waals surface area contributed by atoms with Crippen molar-refractivity contribution in [1.82, 2.24) is 10.3 Å².